The average Bonchev–Trinajstić information content (AvgIpc) is 2.81. The maximum atomic E-state index is 13.1. The molecule has 2 aromatic rings. The fourth-order valence-electron chi connectivity index (χ4n) is 2.42. The topological polar surface area (TPSA) is 57.8 Å². The van der Waals surface area contributed by atoms with Crippen LogP contribution in [-0.4, -0.2) is 39.7 Å². The highest BCUT2D eigenvalue weighted by Gasteiger charge is 2.34. The summed E-state index contributed by atoms with van der Waals surface area (Å²) >= 11 is 0. The lowest BCUT2D eigenvalue weighted by atomic mass is 10.1. The SMILES string of the molecule is O=C(O)c1cnn2cc(N3CCC(F)(F)CC3)ccc12. The lowest BCUT2D eigenvalue weighted by Gasteiger charge is -2.33. The van der Waals surface area contributed by atoms with Crippen molar-refractivity contribution in [1.82, 2.24) is 9.61 Å². The first-order valence-electron chi connectivity index (χ1n) is 6.30. The minimum Gasteiger partial charge on any atom is -0.478 e. The minimum absolute atomic E-state index is 0.127. The molecule has 7 heteroatoms. The molecule has 0 amide bonds. The first kappa shape index (κ1) is 12.8. The molecule has 3 rings (SSSR count). The smallest absolute Gasteiger partial charge is 0.339 e. The number of piperidine rings is 1. The van der Waals surface area contributed by atoms with Crippen LogP contribution in [0.5, 0.6) is 0 Å². The van der Waals surface area contributed by atoms with E-state index < -0.39 is 11.9 Å². The van der Waals surface area contributed by atoms with Crippen molar-refractivity contribution in [3.05, 3.63) is 30.1 Å². The number of aromatic nitrogens is 2. The van der Waals surface area contributed by atoms with Crippen LogP contribution in [0, 0.1) is 0 Å². The maximum absolute atomic E-state index is 13.1. The zero-order valence-electron chi connectivity index (χ0n) is 10.6. The van der Waals surface area contributed by atoms with Crippen LogP contribution in [0.1, 0.15) is 23.2 Å². The van der Waals surface area contributed by atoms with Crippen LogP contribution in [0.4, 0.5) is 14.5 Å². The van der Waals surface area contributed by atoms with Gasteiger partial charge in [-0.1, -0.05) is 0 Å². The maximum Gasteiger partial charge on any atom is 0.339 e. The van der Waals surface area contributed by atoms with Crippen molar-refractivity contribution in [1.29, 1.82) is 0 Å². The van der Waals surface area contributed by atoms with Gasteiger partial charge in [0.1, 0.15) is 5.56 Å². The van der Waals surface area contributed by atoms with Gasteiger partial charge in [0.2, 0.25) is 0 Å². The van der Waals surface area contributed by atoms with Gasteiger partial charge in [0.05, 0.1) is 23.6 Å². The van der Waals surface area contributed by atoms with Crippen molar-refractivity contribution in [3.8, 4) is 0 Å². The number of hydrogen-bond donors (Lipinski definition) is 1. The van der Waals surface area contributed by atoms with Gasteiger partial charge in [0.25, 0.3) is 5.92 Å². The van der Waals surface area contributed by atoms with E-state index in [2.05, 4.69) is 5.10 Å². The summed E-state index contributed by atoms with van der Waals surface area (Å²) in [4.78, 5) is 12.8. The van der Waals surface area contributed by atoms with E-state index in [1.54, 1.807) is 18.3 Å². The Morgan fingerprint density at radius 1 is 1.30 bits per heavy atom. The number of hydrogen-bond acceptors (Lipinski definition) is 3. The molecule has 20 heavy (non-hydrogen) atoms. The van der Waals surface area contributed by atoms with Gasteiger partial charge >= 0.3 is 5.97 Å². The number of fused-ring (bicyclic) bond motifs is 1. The van der Waals surface area contributed by atoms with Gasteiger partial charge in [-0.25, -0.2) is 18.1 Å². The Balaban J connectivity index is 1.89. The average molecular weight is 281 g/mol. The third-order valence-corrected chi connectivity index (χ3v) is 3.59. The van der Waals surface area contributed by atoms with Crippen LogP contribution >= 0.6 is 0 Å². The van der Waals surface area contributed by atoms with Gasteiger partial charge in [-0.3, -0.25) is 0 Å². The molecule has 3 heterocycles. The first-order chi connectivity index (χ1) is 9.46. The Labute approximate surface area is 113 Å². The zero-order valence-corrected chi connectivity index (χ0v) is 10.6. The Kier molecular flexibility index (Phi) is 2.84. The number of pyridine rings is 1. The van der Waals surface area contributed by atoms with Gasteiger partial charge in [-0.2, -0.15) is 5.10 Å². The van der Waals surface area contributed by atoms with E-state index in [9.17, 15) is 13.6 Å². The third kappa shape index (κ3) is 2.19. The lowest BCUT2D eigenvalue weighted by Crippen LogP contribution is -2.39. The molecule has 5 nitrogen and oxygen atoms in total. The standard InChI is InChI=1S/C13H13F2N3O2/c14-13(15)3-5-17(6-4-13)9-1-2-11-10(12(19)20)7-16-18(11)8-9/h1-2,7-8H,3-6H2,(H,19,20). The van der Waals surface area contributed by atoms with Gasteiger partial charge < -0.3 is 10.0 Å². The third-order valence-electron chi connectivity index (χ3n) is 3.59. The van der Waals surface area contributed by atoms with E-state index >= 15 is 0 Å². The van der Waals surface area contributed by atoms with Crippen LogP contribution in [-0.2, 0) is 0 Å². The first-order valence-corrected chi connectivity index (χ1v) is 6.30. The van der Waals surface area contributed by atoms with E-state index in [0.29, 0.717) is 5.52 Å². The molecule has 1 N–H and O–H groups in total. The van der Waals surface area contributed by atoms with E-state index in [1.165, 1.54) is 10.7 Å². The summed E-state index contributed by atoms with van der Waals surface area (Å²) in [6.45, 7) is 0.567. The van der Waals surface area contributed by atoms with Gasteiger partial charge in [-0.05, 0) is 12.1 Å². The number of nitrogens with zero attached hydrogens (tertiary/aromatic N) is 3. The van der Waals surface area contributed by atoms with Crippen LogP contribution < -0.4 is 4.90 Å². The number of halogens is 2. The molecular weight excluding hydrogens is 268 g/mol. The molecule has 0 bridgehead atoms. The van der Waals surface area contributed by atoms with Crippen LogP contribution in [0.25, 0.3) is 5.52 Å². The summed E-state index contributed by atoms with van der Waals surface area (Å²) in [5, 5.41) is 13.0. The molecule has 0 spiro atoms. The number of rotatable bonds is 2. The quantitative estimate of drug-likeness (QED) is 0.917. The van der Waals surface area contributed by atoms with Crippen LogP contribution in [0.3, 0.4) is 0 Å². The molecule has 106 valence electrons. The van der Waals surface area contributed by atoms with Crippen molar-refractivity contribution in [3.63, 3.8) is 0 Å². The molecule has 0 atom stereocenters. The fraction of sp³-hybridized carbons (Fsp3) is 0.385. The van der Waals surface area contributed by atoms with Gasteiger partial charge in [-0.15, -0.1) is 0 Å². The molecule has 0 aliphatic carbocycles. The molecule has 0 unspecified atom stereocenters. The monoisotopic (exact) mass is 281 g/mol. The van der Waals surface area contributed by atoms with Crippen molar-refractivity contribution >= 4 is 17.2 Å². The molecule has 0 aromatic carbocycles. The summed E-state index contributed by atoms with van der Waals surface area (Å²) in [7, 11) is 0. The molecule has 2 aromatic heterocycles. The zero-order chi connectivity index (χ0) is 14.3. The summed E-state index contributed by atoms with van der Waals surface area (Å²) in [5.41, 5.74) is 1.39. The van der Waals surface area contributed by atoms with Crippen molar-refractivity contribution in [2.75, 3.05) is 18.0 Å². The van der Waals surface area contributed by atoms with Crippen molar-refractivity contribution < 1.29 is 18.7 Å². The van der Waals surface area contributed by atoms with Gasteiger partial charge in [0, 0.05) is 25.9 Å². The lowest BCUT2D eigenvalue weighted by molar-refractivity contribution is -0.0220. The highest BCUT2D eigenvalue weighted by Crippen LogP contribution is 2.30. The summed E-state index contributed by atoms with van der Waals surface area (Å²) in [5.74, 6) is -3.62. The van der Waals surface area contributed by atoms with Crippen molar-refractivity contribution in [2.24, 2.45) is 0 Å². The highest BCUT2D eigenvalue weighted by molar-refractivity contribution is 5.95. The van der Waals surface area contributed by atoms with E-state index in [1.807, 2.05) is 4.90 Å². The van der Waals surface area contributed by atoms with E-state index in [0.717, 1.165) is 5.69 Å². The number of carboxylic acids is 1. The van der Waals surface area contributed by atoms with E-state index in [-0.39, 0.29) is 31.5 Å². The molecule has 1 aliphatic rings. The Bertz CT molecular complexity index is 659. The number of carbonyl (C=O) groups is 1. The number of carboxylic acid groups (broad SMARTS) is 1. The summed E-state index contributed by atoms with van der Waals surface area (Å²) in [6.07, 6.45) is 2.63. The Morgan fingerprint density at radius 2 is 2.00 bits per heavy atom. The van der Waals surface area contributed by atoms with Gasteiger partial charge in [0.15, 0.2) is 0 Å². The Hall–Kier alpha value is -2.18. The van der Waals surface area contributed by atoms with E-state index in [4.69, 9.17) is 5.11 Å². The van der Waals surface area contributed by atoms with Crippen LogP contribution in [0.2, 0.25) is 0 Å². The second kappa shape index (κ2) is 4.43. The van der Waals surface area contributed by atoms with Crippen molar-refractivity contribution in [2.45, 2.75) is 18.8 Å². The summed E-state index contributed by atoms with van der Waals surface area (Å²) < 4.78 is 27.7. The highest BCUT2D eigenvalue weighted by atomic mass is 19.3. The molecule has 1 saturated heterocycles. The fourth-order valence-corrected chi connectivity index (χ4v) is 2.42. The minimum atomic E-state index is -2.58. The number of anilines is 1. The molecule has 1 aliphatic heterocycles. The van der Waals surface area contributed by atoms with Crippen LogP contribution in [0.15, 0.2) is 24.5 Å². The Morgan fingerprint density at radius 3 is 2.65 bits per heavy atom. The predicted molar refractivity (Wildman–Crippen MR) is 68.5 cm³/mol. The number of aromatic carboxylic acids is 1. The predicted octanol–water partition coefficient (Wildman–Crippen LogP) is 2.27. The molecule has 1 fully saturated rings. The second-order valence-corrected chi connectivity index (χ2v) is 4.92. The molecule has 0 saturated carbocycles. The summed E-state index contributed by atoms with van der Waals surface area (Å²) in [6, 6.07) is 3.39. The largest absolute Gasteiger partial charge is 0.478 e. The molecule has 0 radical (unpaired) electrons. The normalized spacial score (nSPS) is 18.4. The second-order valence-electron chi connectivity index (χ2n) is 4.92. The number of alkyl halides is 2. The molecular formula is C13H13F2N3O2.